The quantitative estimate of drug-likeness (QED) is 0.563. The van der Waals surface area contributed by atoms with E-state index < -0.39 is 0 Å². The summed E-state index contributed by atoms with van der Waals surface area (Å²) in [6.07, 6.45) is 0. The fourth-order valence-corrected chi connectivity index (χ4v) is 0.614. The Morgan fingerprint density at radius 1 is 1.60 bits per heavy atom. The summed E-state index contributed by atoms with van der Waals surface area (Å²) >= 11 is 0. The van der Waals surface area contributed by atoms with Gasteiger partial charge in [-0.05, 0) is 0 Å². The zero-order valence-corrected chi connectivity index (χ0v) is 6.03. The standard InChI is InChI=1S/C6H9N3O/c1-4(2)5(10)6-7-3-8-9-6/h4H,3H2,1-2H3. The molecule has 1 aliphatic rings. The van der Waals surface area contributed by atoms with E-state index >= 15 is 0 Å². The molecule has 0 N–H and O–H groups in total. The highest BCUT2D eigenvalue weighted by molar-refractivity contribution is 6.39. The number of nitrogens with zero attached hydrogens (tertiary/aromatic N) is 3. The lowest BCUT2D eigenvalue weighted by Gasteiger charge is -1.97. The number of carbonyl (C=O) groups is 1. The molecule has 0 aromatic carbocycles. The number of carbonyl (C=O) groups excluding carboxylic acids is 1. The first-order chi connectivity index (χ1) is 4.72. The maximum absolute atomic E-state index is 11.1. The maximum atomic E-state index is 11.1. The summed E-state index contributed by atoms with van der Waals surface area (Å²) in [6, 6.07) is 0. The Hall–Kier alpha value is -1.06. The van der Waals surface area contributed by atoms with Crippen molar-refractivity contribution in [2.24, 2.45) is 21.1 Å². The molecule has 0 atom stereocenters. The summed E-state index contributed by atoms with van der Waals surface area (Å²) in [7, 11) is 0. The van der Waals surface area contributed by atoms with Crippen LogP contribution in [-0.4, -0.2) is 18.3 Å². The van der Waals surface area contributed by atoms with Crippen LogP contribution >= 0.6 is 0 Å². The molecule has 0 radical (unpaired) electrons. The molecule has 0 aromatic heterocycles. The van der Waals surface area contributed by atoms with E-state index in [1.807, 2.05) is 13.8 Å². The van der Waals surface area contributed by atoms with E-state index in [4.69, 9.17) is 0 Å². The average molecular weight is 139 g/mol. The van der Waals surface area contributed by atoms with Gasteiger partial charge in [-0.2, -0.15) is 5.11 Å². The molecule has 1 heterocycles. The van der Waals surface area contributed by atoms with Gasteiger partial charge in [-0.3, -0.25) is 4.79 Å². The molecular weight excluding hydrogens is 130 g/mol. The number of ketones is 1. The lowest BCUT2D eigenvalue weighted by atomic mass is 10.1. The molecule has 0 aliphatic carbocycles. The molecule has 0 unspecified atom stereocenters. The predicted octanol–water partition coefficient (Wildman–Crippen LogP) is 1.03. The predicted molar refractivity (Wildman–Crippen MR) is 37.0 cm³/mol. The van der Waals surface area contributed by atoms with Crippen molar-refractivity contribution in [2.45, 2.75) is 13.8 Å². The molecule has 0 aromatic rings. The van der Waals surface area contributed by atoms with Crippen molar-refractivity contribution in [1.29, 1.82) is 0 Å². The Labute approximate surface area is 59.1 Å². The minimum atomic E-state index is -0.0317. The van der Waals surface area contributed by atoms with E-state index in [9.17, 15) is 4.79 Å². The molecule has 0 saturated heterocycles. The third-order valence-corrected chi connectivity index (χ3v) is 1.19. The molecule has 0 spiro atoms. The van der Waals surface area contributed by atoms with E-state index in [0.717, 1.165) is 0 Å². The van der Waals surface area contributed by atoms with Gasteiger partial charge in [0.15, 0.2) is 6.67 Å². The van der Waals surface area contributed by atoms with Crippen molar-refractivity contribution < 1.29 is 4.79 Å². The zero-order valence-electron chi connectivity index (χ0n) is 6.03. The van der Waals surface area contributed by atoms with E-state index in [1.54, 1.807) is 0 Å². The van der Waals surface area contributed by atoms with Gasteiger partial charge >= 0.3 is 0 Å². The second-order valence-electron chi connectivity index (χ2n) is 2.38. The van der Waals surface area contributed by atoms with Gasteiger partial charge in [-0.1, -0.05) is 13.8 Å². The van der Waals surface area contributed by atoms with Gasteiger partial charge in [0.25, 0.3) is 0 Å². The van der Waals surface area contributed by atoms with Gasteiger partial charge < -0.3 is 0 Å². The Morgan fingerprint density at radius 2 is 2.30 bits per heavy atom. The molecule has 1 aliphatic heterocycles. The van der Waals surface area contributed by atoms with Crippen molar-refractivity contribution in [1.82, 2.24) is 0 Å². The molecule has 10 heavy (non-hydrogen) atoms. The molecule has 0 saturated carbocycles. The Bertz CT molecular complexity index is 205. The third kappa shape index (κ3) is 1.26. The van der Waals surface area contributed by atoms with Gasteiger partial charge in [0.05, 0.1) is 0 Å². The Balaban J connectivity index is 2.66. The number of amidine groups is 1. The van der Waals surface area contributed by atoms with Gasteiger partial charge in [0, 0.05) is 5.92 Å². The third-order valence-electron chi connectivity index (χ3n) is 1.19. The van der Waals surface area contributed by atoms with Crippen LogP contribution in [0.2, 0.25) is 0 Å². The summed E-state index contributed by atoms with van der Waals surface area (Å²) in [6.45, 7) is 3.95. The number of Topliss-reactive ketones (excluding diaryl/α,β-unsaturated/α-hetero) is 1. The second-order valence-corrected chi connectivity index (χ2v) is 2.38. The normalized spacial score (nSPS) is 16.1. The van der Waals surface area contributed by atoms with Crippen LogP contribution in [0.4, 0.5) is 0 Å². The molecular formula is C6H9N3O. The van der Waals surface area contributed by atoms with Crippen molar-refractivity contribution in [3.8, 4) is 0 Å². The molecule has 4 nitrogen and oxygen atoms in total. The topological polar surface area (TPSA) is 54.1 Å². The molecule has 54 valence electrons. The van der Waals surface area contributed by atoms with Gasteiger partial charge in [0.2, 0.25) is 11.6 Å². The molecule has 0 bridgehead atoms. The number of hydrogen-bond acceptors (Lipinski definition) is 4. The Morgan fingerprint density at radius 3 is 2.70 bits per heavy atom. The summed E-state index contributed by atoms with van der Waals surface area (Å²) < 4.78 is 0. The van der Waals surface area contributed by atoms with Crippen LogP contribution in [0.5, 0.6) is 0 Å². The lowest BCUT2D eigenvalue weighted by Crippen LogP contribution is -2.16. The average Bonchev–Trinajstić information content (AvgIpc) is 2.36. The maximum Gasteiger partial charge on any atom is 0.215 e. The summed E-state index contributed by atoms with van der Waals surface area (Å²) in [5, 5.41) is 7.15. The molecule has 1 rings (SSSR count). The van der Waals surface area contributed by atoms with Gasteiger partial charge in [-0.15, -0.1) is 5.11 Å². The van der Waals surface area contributed by atoms with E-state index in [1.165, 1.54) is 0 Å². The van der Waals surface area contributed by atoms with Crippen LogP contribution in [0, 0.1) is 5.92 Å². The summed E-state index contributed by atoms with van der Waals surface area (Å²) in [5.41, 5.74) is 0. The zero-order chi connectivity index (χ0) is 7.56. The van der Waals surface area contributed by atoms with Crippen LogP contribution < -0.4 is 0 Å². The van der Waals surface area contributed by atoms with Crippen LogP contribution in [0.1, 0.15) is 13.8 Å². The highest BCUT2D eigenvalue weighted by Gasteiger charge is 2.16. The monoisotopic (exact) mass is 139 g/mol. The number of hydrogen-bond donors (Lipinski definition) is 0. The smallest absolute Gasteiger partial charge is 0.215 e. The molecule has 0 fully saturated rings. The first-order valence-electron chi connectivity index (χ1n) is 3.18. The first-order valence-corrected chi connectivity index (χ1v) is 3.18. The van der Waals surface area contributed by atoms with Gasteiger partial charge in [0.1, 0.15) is 0 Å². The van der Waals surface area contributed by atoms with E-state index in [0.29, 0.717) is 6.67 Å². The summed E-state index contributed by atoms with van der Waals surface area (Å²) in [4.78, 5) is 14.9. The molecule has 0 amide bonds. The Kier molecular flexibility index (Phi) is 1.89. The van der Waals surface area contributed by atoms with Crippen LogP contribution in [0.25, 0.3) is 0 Å². The van der Waals surface area contributed by atoms with Crippen LogP contribution in [0.15, 0.2) is 15.2 Å². The highest BCUT2D eigenvalue weighted by atomic mass is 16.1. The number of azo groups is 1. The minimum Gasteiger partial charge on any atom is -0.290 e. The van der Waals surface area contributed by atoms with Crippen molar-refractivity contribution >= 4 is 11.6 Å². The van der Waals surface area contributed by atoms with Crippen LogP contribution in [-0.2, 0) is 4.79 Å². The first kappa shape index (κ1) is 7.05. The van der Waals surface area contributed by atoms with Crippen LogP contribution in [0.3, 0.4) is 0 Å². The molecule has 4 heteroatoms. The second kappa shape index (κ2) is 2.68. The van der Waals surface area contributed by atoms with Crippen molar-refractivity contribution in [3.05, 3.63) is 0 Å². The fraction of sp³-hybridized carbons (Fsp3) is 0.667. The largest absolute Gasteiger partial charge is 0.290 e. The summed E-state index contributed by atoms with van der Waals surface area (Å²) in [5.74, 6) is 0.215. The van der Waals surface area contributed by atoms with E-state index in [-0.39, 0.29) is 17.5 Å². The van der Waals surface area contributed by atoms with Crippen molar-refractivity contribution in [2.75, 3.05) is 6.67 Å². The fourth-order valence-electron chi connectivity index (χ4n) is 0.614. The van der Waals surface area contributed by atoms with E-state index in [2.05, 4.69) is 15.2 Å². The SMILES string of the molecule is CC(C)C(=O)C1=NCN=N1. The van der Waals surface area contributed by atoms with Crippen molar-refractivity contribution in [3.63, 3.8) is 0 Å². The van der Waals surface area contributed by atoms with Gasteiger partial charge in [-0.25, -0.2) is 4.99 Å². The minimum absolute atomic E-state index is 0.0266. The lowest BCUT2D eigenvalue weighted by molar-refractivity contribution is -0.115. The number of rotatable bonds is 2. The number of aliphatic imine (C=N–C) groups is 1. The highest BCUT2D eigenvalue weighted by Crippen LogP contribution is 2.02.